The van der Waals surface area contributed by atoms with Crippen LogP contribution in [0.3, 0.4) is 0 Å². The van der Waals surface area contributed by atoms with Gasteiger partial charge in [-0.25, -0.2) is 0 Å². The maximum atomic E-state index is 4.22. The molecule has 2 rings (SSSR count). The number of thiazole rings is 1. The minimum absolute atomic E-state index is 0.466. The highest BCUT2D eigenvalue weighted by Gasteiger charge is 2.27. The molecule has 3 unspecified atom stereocenters. The molecule has 21 heavy (non-hydrogen) atoms. The van der Waals surface area contributed by atoms with Crippen LogP contribution in [0.1, 0.15) is 43.6 Å². The van der Waals surface area contributed by atoms with Gasteiger partial charge in [0.25, 0.3) is 0 Å². The van der Waals surface area contributed by atoms with Gasteiger partial charge in [0.1, 0.15) is 0 Å². The summed E-state index contributed by atoms with van der Waals surface area (Å²) in [4.78, 5) is 5.59. The first kappa shape index (κ1) is 16.2. The van der Waals surface area contributed by atoms with Crippen LogP contribution < -0.4 is 5.32 Å². The highest BCUT2D eigenvalue weighted by molar-refractivity contribution is 7.09. The molecular formula is C18H26N2S. The number of rotatable bonds is 8. The van der Waals surface area contributed by atoms with Crippen molar-refractivity contribution in [2.24, 2.45) is 5.92 Å². The Balaban J connectivity index is 2.26. The molecule has 0 fully saturated rings. The quantitative estimate of drug-likeness (QED) is 0.777. The average molecular weight is 302 g/mol. The van der Waals surface area contributed by atoms with E-state index in [0.717, 1.165) is 13.0 Å². The molecule has 0 aliphatic heterocycles. The third kappa shape index (κ3) is 4.39. The van der Waals surface area contributed by atoms with Gasteiger partial charge in [0, 0.05) is 23.0 Å². The van der Waals surface area contributed by atoms with Crippen LogP contribution in [0.2, 0.25) is 0 Å². The van der Waals surface area contributed by atoms with Crippen LogP contribution in [-0.4, -0.2) is 17.6 Å². The number of nitrogens with one attached hydrogen (secondary N) is 1. The van der Waals surface area contributed by atoms with Gasteiger partial charge in [-0.05, 0) is 24.4 Å². The Morgan fingerprint density at radius 2 is 1.95 bits per heavy atom. The molecule has 0 saturated heterocycles. The van der Waals surface area contributed by atoms with E-state index in [-0.39, 0.29) is 0 Å². The van der Waals surface area contributed by atoms with E-state index in [1.54, 1.807) is 11.3 Å². The SMILES string of the molecule is CCNC(Cc1cncs1)C(c1ccccc1)C(C)CC. The van der Waals surface area contributed by atoms with E-state index in [1.165, 1.54) is 16.9 Å². The van der Waals surface area contributed by atoms with Crippen LogP contribution in [0, 0.1) is 5.92 Å². The van der Waals surface area contributed by atoms with Crippen molar-refractivity contribution in [2.45, 2.75) is 45.6 Å². The smallest absolute Gasteiger partial charge is 0.0794 e. The normalized spacial score (nSPS) is 15.6. The number of nitrogens with zero attached hydrogens (tertiary/aromatic N) is 1. The molecule has 0 bridgehead atoms. The molecule has 2 nitrogen and oxygen atoms in total. The number of benzene rings is 1. The molecule has 0 saturated carbocycles. The highest BCUT2D eigenvalue weighted by Crippen LogP contribution is 2.32. The van der Waals surface area contributed by atoms with Crippen molar-refractivity contribution in [3.8, 4) is 0 Å². The van der Waals surface area contributed by atoms with Crippen molar-refractivity contribution in [1.29, 1.82) is 0 Å². The van der Waals surface area contributed by atoms with E-state index >= 15 is 0 Å². The predicted molar refractivity (Wildman–Crippen MR) is 91.9 cm³/mol. The molecule has 0 aliphatic rings. The molecule has 1 heterocycles. The maximum Gasteiger partial charge on any atom is 0.0794 e. The largest absolute Gasteiger partial charge is 0.313 e. The fraction of sp³-hybridized carbons (Fsp3) is 0.500. The lowest BCUT2D eigenvalue weighted by atomic mass is 9.79. The van der Waals surface area contributed by atoms with E-state index in [4.69, 9.17) is 0 Å². The fourth-order valence-corrected chi connectivity index (χ4v) is 3.69. The summed E-state index contributed by atoms with van der Waals surface area (Å²) in [6, 6.07) is 11.4. The molecule has 1 N–H and O–H groups in total. The van der Waals surface area contributed by atoms with Crippen molar-refractivity contribution >= 4 is 11.3 Å². The number of hydrogen-bond acceptors (Lipinski definition) is 3. The van der Waals surface area contributed by atoms with Crippen molar-refractivity contribution in [1.82, 2.24) is 10.3 Å². The van der Waals surface area contributed by atoms with Gasteiger partial charge in [-0.1, -0.05) is 57.5 Å². The Morgan fingerprint density at radius 3 is 2.52 bits per heavy atom. The topological polar surface area (TPSA) is 24.9 Å². The summed E-state index contributed by atoms with van der Waals surface area (Å²) < 4.78 is 0. The lowest BCUT2D eigenvalue weighted by molar-refractivity contribution is 0.337. The molecule has 2 aromatic rings. The van der Waals surface area contributed by atoms with Crippen LogP contribution in [-0.2, 0) is 6.42 Å². The number of hydrogen-bond donors (Lipinski definition) is 1. The zero-order valence-corrected chi connectivity index (χ0v) is 14.1. The molecule has 0 amide bonds. The predicted octanol–water partition coefficient (Wildman–Crippen LogP) is 4.49. The molecule has 0 spiro atoms. The van der Waals surface area contributed by atoms with Crippen molar-refractivity contribution in [2.75, 3.05) is 6.54 Å². The monoisotopic (exact) mass is 302 g/mol. The highest BCUT2D eigenvalue weighted by atomic mass is 32.1. The van der Waals surface area contributed by atoms with E-state index in [2.05, 4.69) is 61.4 Å². The minimum Gasteiger partial charge on any atom is -0.313 e. The minimum atomic E-state index is 0.466. The third-order valence-corrected chi connectivity index (χ3v) is 5.05. The summed E-state index contributed by atoms with van der Waals surface area (Å²) in [6.45, 7) is 7.85. The van der Waals surface area contributed by atoms with Gasteiger partial charge in [-0.15, -0.1) is 11.3 Å². The van der Waals surface area contributed by atoms with E-state index in [1.807, 2.05) is 11.7 Å². The zero-order valence-electron chi connectivity index (χ0n) is 13.3. The van der Waals surface area contributed by atoms with Gasteiger partial charge in [0.05, 0.1) is 5.51 Å². The Morgan fingerprint density at radius 1 is 1.19 bits per heavy atom. The van der Waals surface area contributed by atoms with Crippen LogP contribution in [0.5, 0.6) is 0 Å². The van der Waals surface area contributed by atoms with Crippen molar-refractivity contribution < 1.29 is 0 Å². The summed E-state index contributed by atoms with van der Waals surface area (Å²) in [6.07, 6.45) is 4.26. The van der Waals surface area contributed by atoms with Gasteiger partial charge >= 0.3 is 0 Å². The summed E-state index contributed by atoms with van der Waals surface area (Å²) in [5, 5.41) is 3.71. The third-order valence-electron chi connectivity index (χ3n) is 4.25. The summed E-state index contributed by atoms with van der Waals surface area (Å²) in [7, 11) is 0. The molecule has 114 valence electrons. The van der Waals surface area contributed by atoms with Crippen LogP contribution in [0.25, 0.3) is 0 Å². The summed E-state index contributed by atoms with van der Waals surface area (Å²) >= 11 is 1.76. The lowest BCUT2D eigenvalue weighted by Crippen LogP contribution is -2.39. The van der Waals surface area contributed by atoms with E-state index in [0.29, 0.717) is 17.9 Å². The summed E-state index contributed by atoms with van der Waals surface area (Å²) in [5.41, 5.74) is 3.38. The molecule has 3 atom stereocenters. The van der Waals surface area contributed by atoms with Crippen LogP contribution >= 0.6 is 11.3 Å². The second kappa shape index (κ2) is 8.30. The van der Waals surface area contributed by atoms with Crippen molar-refractivity contribution in [3.63, 3.8) is 0 Å². The fourth-order valence-electron chi connectivity index (χ4n) is 3.03. The van der Waals surface area contributed by atoms with Gasteiger partial charge in [0.2, 0.25) is 0 Å². The Labute approximate surface area is 132 Å². The lowest BCUT2D eigenvalue weighted by Gasteiger charge is -2.32. The molecule has 0 aliphatic carbocycles. The first-order chi connectivity index (χ1) is 10.3. The zero-order chi connectivity index (χ0) is 15.1. The molecule has 1 aromatic carbocycles. The maximum absolute atomic E-state index is 4.22. The van der Waals surface area contributed by atoms with Gasteiger partial charge < -0.3 is 5.32 Å². The standard InChI is InChI=1S/C18H26N2S/c1-4-14(3)18(15-9-7-6-8-10-15)17(20-5-2)11-16-12-19-13-21-16/h6-10,12-14,17-18,20H,4-5,11H2,1-3H3. The van der Waals surface area contributed by atoms with Crippen molar-refractivity contribution in [3.05, 3.63) is 52.5 Å². The van der Waals surface area contributed by atoms with Gasteiger partial charge in [0.15, 0.2) is 0 Å². The Hall–Kier alpha value is -1.19. The molecular weight excluding hydrogens is 276 g/mol. The van der Waals surface area contributed by atoms with E-state index in [9.17, 15) is 0 Å². The second-order valence-electron chi connectivity index (χ2n) is 5.66. The molecule has 1 aromatic heterocycles. The average Bonchev–Trinajstić information content (AvgIpc) is 3.01. The summed E-state index contributed by atoms with van der Waals surface area (Å²) in [5.74, 6) is 1.20. The first-order valence-electron chi connectivity index (χ1n) is 7.91. The molecule has 0 radical (unpaired) electrons. The number of aromatic nitrogens is 1. The van der Waals surface area contributed by atoms with Gasteiger partial charge in [-0.2, -0.15) is 0 Å². The van der Waals surface area contributed by atoms with E-state index < -0.39 is 0 Å². The second-order valence-corrected chi connectivity index (χ2v) is 6.63. The first-order valence-corrected chi connectivity index (χ1v) is 8.79. The van der Waals surface area contributed by atoms with Crippen LogP contribution in [0.15, 0.2) is 42.0 Å². The van der Waals surface area contributed by atoms with Gasteiger partial charge in [-0.3, -0.25) is 4.98 Å². The molecule has 3 heteroatoms. The number of likely N-dealkylation sites (N-methyl/N-ethyl adjacent to an activating group) is 1. The Bertz CT molecular complexity index is 495. The Kier molecular flexibility index (Phi) is 6.40. The van der Waals surface area contributed by atoms with Crippen LogP contribution in [0.4, 0.5) is 0 Å².